The third-order valence-corrected chi connectivity index (χ3v) is 5.29. The van der Waals surface area contributed by atoms with Crippen molar-refractivity contribution in [2.45, 2.75) is 20.8 Å². The van der Waals surface area contributed by atoms with E-state index >= 15 is 0 Å². The Morgan fingerprint density at radius 1 is 1.15 bits per heavy atom. The Morgan fingerprint density at radius 2 is 1.85 bits per heavy atom. The second-order valence-corrected chi connectivity index (χ2v) is 7.79. The lowest BCUT2D eigenvalue weighted by molar-refractivity contribution is -0.895. The van der Waals surface area contributed by atoms with E-state index in [-0.39, 0.29) is 0 Å². The van der Waals surface area contributed by atoms with Gasteiger partial charge in [-0.05, 0) is 31.9 Å². The maximum absolute atomic E-state index is 4.80. The topological polar surface area (TPSA) is 37.9 Å². The summed E-state index contributed by atoms with van der Waals surface area (Å²) in [7, 11) is 0. The molecule has 140 valence electrons. The van der Waals surface area contributed by atoms with Gasteiger partial charge in [0.05, 0.1) is 38.9 Å². The SMILES string of the molecule is C=C(C)C[NH+]1CCN(c2cc(C)nc3c(-c4ccc(C)cc4)cnn23)CC1. The number of aromatic nitrogens is 3. The van der Waals surface area contributed by atoms with Crippen molar-refractivity contribution in [1.82, 2.24) is 14.6 Å². The molecule has 3 heterocycles. The van der Waals surface area contributed by atoms with Crippen LogP contribution in [0.3, 0.4) is 0 Å². The Balaban J connectivity index is 1.66. The van der Waals surface area contributed by atoms with Crippen LogP contribution in [-0.2, 0) is 0 Å². The van der Waals surface area contributed by atoms with Crippen molar-refractivity contribution < 1.29 is 4.90 Å². The van der Waals surface area contributed by atoms with Crippen LogP contribution in [0.5, 0.6) is 0 Å². The fourth-order valence-electron chi connectivity index (χ4n) is 3.88. The van der Waals surface area contributed by atoms with Crippen LogP contribution < -0.4 is 9.80 Å². The molecule has 0 saturated carbocycles. The molecule has 0 atom stereocenters. The molecular formula is C22H28N5+. The Kier molecular flexibility index (Phi) is 4.70. The smallest absolute Gasteiger partial charge is 0.165 e. The Bertz CT molecular complexity index is 962. The van der Waals surface area contributed by atoms with E-state index < -0.39 is 0 Å². The molecule has 1 saturated heterocycles. The van der Waals surface area contributed by atoms with Gasteiger partial charge in [0, 0.05) is 17.3 Å². The molecule has 0 unspecified atom stereocenters. The summed E-state index contributed by atoms with van der Waals surface area (Å²) in [5.41, 5.74) is 6.74. The third kappa shape index (κ3) is 3.60. The number of piperazine rings is 1. The van der Waals surface area contributed by atoms with E-state index in [9.17, 15) is 0 Å². The number of rotatable bonds is 4. The number of aryl methyl sites for hydroxylation is 2. The summed E-state index contributed by atoms with van der Waals surface area (Å²) >= 11 is 0. The van der Waals surface area contributed by atoms with Crippen LogP contribution in [-0.4, -0.2) is 47.3 Å². The first-order valence-electron chi connectivity index (χ1n) is 9.66. The van der Waals surface area contributed by atoms with Gasteiger partial charge in [0.1, 0.15) is 5.82 Å². The molecule has 0 radical (unpaired) electrons. The Labute approximate surface area is 160 Å². The van der Waals surface area contributed by atoms with E-state index in [0.29, 0.717) is 0 Å². The van der Waals surface area contributed by atoms with E-state index in [1.807, 2.05) is 10.7 Å². The van der Waals surface area contributed by atoms with Gasteiger partial charge in [-0.2, -0.15) is 9.61 Å². The molecule has 27 heavy (non-hydrogen) atoms. The standard InChI is InChI=1S/C22H27N5/c1-16(2)15-25-9-11-26(12-10-25)21-13-18(4)24-22-20(14-23-27(21)22)19-7-5-17(3)6-8-19/h5-8,13-14H,1,9-12,15H2,2-4H3/p+1. The minimum absolute atomic E-state index is 0.936. The average Bonchev–Trinajstić information content (AvgIpc) is 3.05. The van der Waals surface area contributed by atoms with Gasteiger partial charge in [-0.15, -0.1) is 0 Å². The van der Waals surface area contributed by atoms with Crippen LogP contribution in [0, 0.1) is 13.8 Å². The number of benzene rings is 1. The molecule has 1 aromatic carbocycles. The lowest BCUT2D eigenvalue weighted by atomic mass is 10.1. The van der Waals surface area contributed by atoms with Gasteiger partial charge in [0.15, 0.2) is 5.65 Å². The van der Waals surface area contributed by atoms with Crippen molar-refractivity contribution in [3.63, 3.8) is 0 Å². The average molecular weight is 363 g/mol. The van der Waals surface area contributed by atoms with Crippen molar-refractivity contribution >= 4 is 11.5 Å². The largest absolute Gasteiger partial charge is 0.345 e. The summed E-state index contributed by atoms with van der Waals surface area (Å²) in [6.07, 6.45) is 1.94. The van der Waals surface area contributed by atoms with Crippen LogP contribution in [0.2, 0.25) is 0 Å². The molecule has 5 heteroatoms. The van der Waals surface area contributed by atoms with Gasteiger partial charge in [0.2, 0.25) is 0 Å². The van der Waals surface area contributed by atoms with Gasteiger partial charge in [-0.25, -0.2) is 4.98 Å². The first-order chi connectivity index (χ1) is 13.0. The van der Waals surface area contributed by atoms with Crippen LogP contribution in [0.4, 0.5) is 5.82 Å². The van der Waals surface area contributed by atoms with Crippen molar-refractivity contribution in [2.75, 3.05) is 37.6 Å². The molecule has 2 aromatic heterocycles. The fraction of sp³-hybridized carbons (Fsp3) is 0.364. The minimum atomic E-state index is 0.936. The zero-order valence-electron chi connectivity index (χ0n) is 16.5. The second-order valence-electron chi connectivity index (χ2n) is 7.79. The number of hydrogen-bond acceptors (Lipinski definition) is 3. The molecule has 0 bridgehead atoms. The van der Waals surface area contributed by atoms with E-state index in [1.165, 1.54) is 11.1 Å². The number of anilines is 1. The molecule has 4 rings (SSSR count). The van der Waals surface area contributed by atoms with Gasteiger partial charge in [-0.3, -0.25) is 0 Å². The van der Waals surface area contributed by atoms with E-state index in [2.05, 4.69) is 62.6 Å². The van der Waals surface area contributed by atoms with Gasteiger partial charge in [0.25, 0.3) is 0 Å². The molecule has 3 aromatic rings. The maximum Gasteiger partial charge on any atom is 0.165 e. The molecule has 1 N–H and O–H groups in total. The molecule has 0 spiro atoms. The molecule has 0 amide bonds. The lowest BCUT2D eigenvalue weighted by Crippen LogP contribution is -3.15. The number of fused-ring (bicyclic) bond motifs is 1. The van der Waals surface area contributed by atoms with Crippen molar-refractivity contribution in [2.24, 2.45) is 0 Å². The highest BCUT2D eigenvalue weighted by molar-refractivity contribution is 5.78. The summed E-state index contributed by atoms with van der Waals surface area (Å²) < 4.78 is 2.01. The number of hydrogen-bond donors (Lipinski definition) is 1. The third-order valence-electron chi connectivity index (χ3n) is 5.29. The summed E-state index contributed by atoms with van der Waals surface area (Å²) in [4.78, 5) is 8.85. The summed E-state index contributed by atoms with van der Waals surface area (Å²) in [5.74, 6) is 1.14. The number of quaternary nitrogens is 1. The second kappa shape index (κ2) is 7.16. The van der Waals surface area contributed by atoms with Crippen LogP contribution in [0.15, 0.2) is 48.7 Å². The molecule has 0 aliphatic carbocycles. The molecular weight excluding hydrogens is 334 g/mol. The highest BCUT2D eigenvalue weighted by Crippen LogP contribution is 2.27. The first kappa shape index (κ1) is 17.7. The van der Waals surface area contributed by atoms with Crippen molar-refractivity contribution in [3.8, 4) is 11.1 Å². The predicted molar refractivity (Wildman–Crippen MR) is 110 cm³/mol. The highest BCUT2D eigenvalue weighted by atomic mass is 15.4. The van der Waals surface area contributed by atoms with E-state index in [1.54, 1.807) is 4.90 Å². The van der Waals surface area contributed by atoms with Crippen LogP contribution >= 0.6 is 0 Å². The minimum Gasteiger partial charge on any atom is -0.345 e. The lowest BCUT2D eigenvalue weighted by Gasteiger charge is -2.33. The number of nitrogens with one attached hydrogen (secondary N) is 1. The van der Waals surface area contributed by atoms with Crippen molar-refractivity contribution in [1.29, 1.82) is 0 Å². The molecule has 1 aliphatic heterocycles. The maximum atomic E-state index is 4.80. The summed E-state index contributed by atoms with van der Waals surface area (Å²) in [6.45, 7) is 15.7. The highest BCUT2D eigenvalue weighted by Gasteiger charge is 2.23. The van der Waals surface area contributed by atoms with Gasteiger partial charge >= 0.3 is 0 Å². The van der Waals surface area contributed by atoms with Gasteiger partial charge in [-0.1, -0.05) is 36.4 Å². The monoisotopic (exact) mass is 362 g/mol. The number of nitrogens with zero attached hydrogens (tertiary/aromatic N) is 4. The van der Waals surface area contributed by atoms with Gasteiger partial charge < -0.3 is 9.80 Å². The Morgan fingerprint density at radius 3 is 2.52 bits per heavy atom. The predicted octanol–water partition coefficient (Wildman–Crippen LogP) is 2.29. The van der Waals surface area contributed by atoms with Crippen LogP contribution in [0.1, 0.15) is 18.2 Å². The zero-order chi connectivity index (χ0) is 19.0. The first-order valence-corrected chi connectivity index (χ1v) is 9.66. The fourth-order valence-corrected chi connectivity index (χ4v) is 3.88. The normalized spacial score (nSPS) is 15.4. The molecule has 1 fully saturated rings. The van der Waals surface area contributed by atoms with Crippen LogP contribution in [0.25, 0.3) is 16.8 Å². The molecule has 1 aliphatic rings. The zero-order valence-corrected chi connectivity index (χ0v) is 16.5. The molecule has 5 nitrogen and oxygen atoms in total. The van der Waals surface area contributed by atoms with E-state index in [4.69, 9.17) is 10.1 Å². The summed E-state index contributed by atoms with van der Waals surface area (Å²) in [6, 6.07) is 10.7. The Hall–Kier alpha value is -2.66. The quantitative estimate of drug-likeness (QED) is 0.724. The van der Waals surface area contributed by atoms with Crippen molar-refractivity contribution in [3.05, 3.63) is 59.9 Å². The van der Waals surface area contributed by atoms with E-state index in [0.717, 1.165) is 61.0 Å². The summed E-state index contributed by atoms with van der Waals surface area (Å²) in [5, 5.41) is 4.69.